The van der Waals surface area contributed by atoms with Gasteiger partial charge in [-0.15, -0.1) is 0 Å². The maximum Gasteiger partial charge on any atom is 0.0670 e. The van der Waals surface area contributed by atoms with Crippen molar-refractivity contribution < 1.29 is 0 Å². The van der Waals surface area contributed by atoms with Crippen molar-refractivity contribution in [2.24, 2.45) is 10.9 Å². The summed E-state index contributed by atoms with van der Waals surface area (Å²) in [5.74, 6) is 1.00. The second kappa shape index (κ2) is 8.81. The fourth-order valence-electron chi connectivity index (χ4n) is 2.28. The Morgan fingerprint density at radius 1 is 1.14 bits per heavy atom. The summed E-state index contributed by atoms with van der Waals surface area (Å²) in [5.41, 5.74) is 5.07. The molecule has 0 aromatic heterocycles. The molecule has 1 nitrogen and oxygen atoms in total. The Bertz CT molecular complexity index is 495. The fraction of sp³-hybridized carbons (Fsp3) is 0.550. The highest BCUT2D eigenvalue weighted by Gasteiger charge is 2.11. The maximum atomic E-state index is 5.00. The lowest BCUT2D eigenvalue weighted by Crippen LogP contribution is -2.04. The van der Waals surface area contributed by atoms with Crippen LogP contribution in [0.1, 0.15) is 71.4 Å². The summed E-state index contributed by atoms with van der Waals surface area (Å²) < 4.78 is 0. The van der Waals surface area contributed by atoms with Gasteiger partial charge in [-0.05, 0) is 54.4 Å². The fourth-order valence-corrected chi connectivity index (χ4v) is 2.28. The number of benzene rings is 1. The van der Waals surface area contributed by atoms with Crippen LogP contribution in [-0.2, 0) is 6.42 Å². The number of nitrogens with zero attached hydrogens (tertiary/aromatic N) is 1. The van der Waals surface area contributed by atoms with Crippen LogP contribution in [0, 0.1) is 5.92 Å². The molecule has 0 aliphatic carbocycles. The van der Waals surface area contributed by atoms with Crippen LogP contribution in [-0.4, -0.2) is 5.71 Å². The maximum absolute atomic E-state index is 5.00. The first-order valence-electron chi connectivity index (χ1n) is 8.41. The number of hydrogen-bond donors (Lipinski definition) is 0. The smallest absolute Gasteiger partial charge is 0.0670 e. The molecule has 1 aromatic rings. The summed E-state index contributed by atoms with van der Waals surface area (Å²) in [4.78, 5) is 5.00. The number of hydrogen-bond acceptors (Lipinski definition) is 1. The third kappa shape index (κ3) is 5.15. The zero-order chi connectivity index (χ0) is 15.8. The standard InChI is InChI=1S/C20H31N/c1-7-10-11-19(15(4)5)21-20-14-17(9-3)12-13-18(20)16(6)8-2/h10-16H,7-9H2,1-6H3/b11-10-,21-19?. The van der Waals surface area contributed by atoms with E-state index < -0.39 is 0 Å². The molecule has 0 fully saturated rings. The Hall–Kier alpha value is -1.37. The monoisotopic (exact) mass is 285 g/mol. The summed E-state index contributed by atoms with van der Waals surface area (Å²) in [6.07, 6.45) is 7.65. The molecule has 0 aliphatic heterocycles. The summed E-state index contributed by atoms with van der Waals surface area (Å²) >= 11 is 0. The number of aliphatic imine (C=N–C) groups is 1. The highest BCUT2D eigenvalue weighted by molar-refractivity contribution is 5.98. The van der Waals surface area contributed by atoms with Gasteiger partial charge in [0.05, 0.1) is 5.69 Å². The van der Waals surface area contributed by atoms with Crippen molar-refractivity contribution in [1.82, 2.24) is 0 Å². The molecule has 21 heavy (non-hydrogen) atoms. The molecule has 1 heteroatoms. The van der Waals surface area contributed by atoms with Crippen molar-refractivity contribution in [2.45, 2.75) is 66.7 Å². The van der Waals surface area contributed by atoms with Gasteiger partial charge in [0.25, 0.3) is 0 Å². The van der Waals surface area contributed by atoms with Crippen molar-refractivity contribution in [3.8, 4) is 0 Å². The Balaban J connectivity index is 3.32. The Morgan fingerprint density at radius 3 is 2.38 bits per heavy atom. The molecule has 116 valence electrons. The zero-order valence-electron chi connectivity index (χ0n) is 14.6. The molecule has 0 amide bonds. The van der Waals surface area contributed by atoms with Gasteiger partial charge in [-0.25, -0.2) is 0 Å². The topological polar surface area (TPSA) is 12.4 Å². The number of rotatable bonds is 7. The Morgan fingerprint density at radius 2 is 1.86 bits per heavy atom. The zero-order valence-corrected chi connectivity index (χ0v) is 14.6. The van der Waals surface area contributed by atoms with Gasteiger partial charge in [-0.2, -0.15) is 0 Å². The predicted octanol–water partition coefficient (Wildman–Crippen LogP) is 6.46. The minimum atomic E-state index is 0.447. The molecule has 1 atom stereocenters. The van der Waals surface area contributed by atoms with Crippen LogP contribution in [0.15, 0.2) is 35.3 Å². The molecule has 1 unspecified atom stereocenters. The summed E-state index contributed by atoms with van der Waals surface area (Å²) in [5, 5.41) is 0. The van der Waals surface area contributed by atoms with E-state index in [1.165, 1.54) is 16.8 Å². The van der Waals surface area contributed by atoms with Crippen molar-refractivity contribution in [3.05, 3.63) is 41.5 Å². The van der Waals surface area contributed by atoms with Crippen molar-refractivity contribution in [2.75, 3.05) is 0 Å². The van der Waals surface area contributed by atoms with Gasteiger partial charge in [-0.1, -0.05) is 59.8 Å². The van der Waals surface area contributed by atoms with Gasteiger partial charge in [0.2, 0.25) is 0 Å². The molecular weight excluding hydrogens is 254 g/mol. The van der Waals surface area contributed by atoms with Crippen molar-refractivity contribution >= 4 is 11.4 Å². The van der Waals surface area contributed by atoms with Crippen LogP contribution in [0.5, 0.6) is 0 Å². The average molecular weight is 285 g/mol. The number of aryl methyl sites for hydroxylation is 1. The molecule has 0 heterocycles. The van der Waals surface area contributed by atoms with E-state index in [4.69, 9.17) is 4.99 Å². The van der Waals surface area contributed by atoms with Crippen LogP contribution in [0.25, 0.3) is 0 Å². The van der Waals surface area contributed by atoms with Gasteiger partial charge in [-0.3, -0.25) is 4.99 Å². The van der Waals surface area contributed by atoms with E-state index in [0.717, 1.165) is 24.9 Å². The van der Waals surface area contributed by atoms with E-state index in [2.05, 4.69) is 71.9 Å². The lowest BCUT2D eigenvalue weighted by molar-refractivity contribution is 0.733. The van der Waals surface area contributed by atoms with Gasteiger partial charge < -0.3 is 0 Å². The molecule has 0 bridgehead atoms. The van der Waals surface area contributed by atoms with Crippen LogP contribution >= 0.6 is 0 Å². The molecule has 0 spiro atoms. The van der Waals surface area contributed by atoms with Crippen LogP contribution in [0.3, 0.4) is 0 Å². The normalized spacial score (nSPS) is 14.1. The average Bonchev–Trinajstić information content (AvgIpc) is 2.50. The van der Waals surface area contributed by atoms with Crippen molar-refractivity contribution in [1.29, 1.82) is 0 Å². The number of allylic oxidation sites excluding steroid dienone is 2. The van der Waals surface area contributed by atoms with Crippen LogP contribution in [0.4, 0.5) is 5.69 Å². The molecule has 0 saturated carbocycles. The minimum absolute atomic E-state index is 0.447. The van der Waals surface area contributed by atoms with E-state index >= 15 is 0 Å². The second-order valence-corrected chi connectivity index (χ2v) is 6.06. The quantitative estimate of drug-likeness (QED) is 0.510. The van der Waals surface area contributed by atoms with Gasteiger partial charge in [0.1, 0.15) is 0 Å². The van der Waals surface area contributed by atoms with E-state index in [1.807, 2.05) is 0 Å². The molecule has 1 aromatic carbocycles. The Labute approximate surface area is 131 Å². The first-order valence-corrected chi connectivity index (χ1v) is 8.41. The first kappa shape index (κ1) is 17.7. The molecule has 0 radical (unpaired) electrons. The van der Waals surface area contributed by atoms with Crippen LogP contribution < -0.4 is 0 Å². The van der Waals surface area contributed by atoms with Gasteiger partial charge >= 0.3 is 0 Å². The summed E-state index contributed by atoms with van der Waals surface area (Å²) in [6.45, 7) is 13.3. The van der Waals surface area contributed by atoms with E-state index in [1.54, 1.807) is 0 Å². The SMILES string of the molecule is CC/C=C\C(=Nc1cc(CC)ccc1C(C)CC)C(C)C. The van der Waals surface area contributed by atoms with E-state index in [9.17, 15) is 0 Å². The molecule has 1 rings (SSSR count). The lowest BCUT2D eigenvalue weighted by atomic mass is 9.94. The summed E-state index contributed by atoms with van der Waals surface area (Å²) in [6, 6.07) is 6.79. The second-order valence-electron chi connectivity index (χ2n) is 6.06. The summed E-state index contributed by atoms with van der Waals surface area (Å²) in [7, 11) is 0. The van der Waals surface area contributed by atoms with Crippen LogP contribution in [0.2, 0.25) is 0 Å². The van der Waals surface area contributed by atoms with E-state index in [-0.39, 0.29) is 0 Å². The van der Waals surface area contributed by atoms with Crippen molar-refractivity contribution in [3.63, 3.8) is 0 Å². The minimum Gasteiger partial charge on any atom is -0.253 e. The highest BCUT2D eigenvalue weighted by Crippen LogP contribution is 2.31. The Kier molecular flexibility index (Phi) is 7.42. The molecule has 0 N–H and O–H groups in total. The largest absolute Gasteiger partial charge is 0.253 e. The first-order chi connectivity index (χ1) is 10.0. The third-order valence-corrected chi connectivity index (χ3v) is 4.01. The van der Waals surface area contributed by atoms with E-state index in [0.29, 0.717) is 11.8 Å². The lowest BCUT2D eigenvalue weighted by Gasteiger charge is -2.15. The van der Waals surface area contributed by atoms with Gasteiger partial charge in [0.15, 0.2) is 0 Å². The predicted molar refractivity (Wildman–Crippen MR) is 95.9 cm³/mol. The molecular formula is C20H31N. The highest BCUT2D eigenvalue weighted by atomic mass is 14.8. The van der Waals surface area contributed by atoms with Gasteiger partial charge in [0, 0.05) is 5.71 Å². The molecule has 0 aliphatic rings. The molecule has 0 saturated heterocycles. The third-order valence-electron chi connectivity index (χ3n) is 4.01.